The Morgan fingerprint density at radius 3 is 1.10 bits per heavy atom. The van der Waals surface area contributed by atoms with Gasteiger partial charge in [-0.3, -0.25) is 0 Å². The Bertz CT molecular complexity index is 5960. The van der Waals surface area contributed by atoms with Crippen LogP contribution in [0.2, 0.25) is 0 Å². The topological polar surface area (TPSA) is 14.8 Å². The fraction of sp³-hybridized carbons (Fsp3) is 0.0769. The zero-order valence-electron chi connectivity index (χ0n) is 52.9. The summed E-state index contributed by atoms with van der Waals surface area (Å²) < 4.78 is 7.21. The molecule has 0 saturated carbocycles. The highest BCUT2D eigenvalue weighted by molar-refractivity contribution is 6.15. The first-order valence-corrected chi connectivity index (χ1v) is 33.1. The largest absolute Gasteiger partial charge is 0.309 e. The Labute approximate surface area is 547 Å². The standard InChI is InChI=1S/C46H33N.C45H32N2/c1-46(2)41-19-11-9-17-33(41)38-27-37-36-25-30(21-23-35(36)45(40(37)28-42(38)46)29-13-5-3-6-14-29)31-22-24-44-39(26-31)34-18-10-12-20-43(34)47(44)32-15-7-4-8-16-32;1-45(2)39-19-11-9-17-33(39)35-28-44-38(27-40(35)45)37-26-30(22-24-43(37)47(44)32-15-7-4-8-16-32)29-21-23-42-36(25-29)34-18-10-12-20-41(34)46(42)31-13-5-3-6-14-31/h3-28,45H,1-2H3;3-28H,1-2H3. The SMILES string of the molecule is CC1(C)c2ccccc2-c2cc3c(cc21)C(c1ccccc1)c1ccc(-c2ccc4c(c2)c2ccccc2n4-c2ccccc2)cc1-3.CC1(C)c2ccccc2-c2cc3c(cc21)c1cc(-c2ccc4c(c2)c2ccccc2n4-c2ccccc2)ccc1n3-c1ccccc1. The summed E-state index contributed by atoms with van der Waals surface area (Å²) in [5.41, 5.74) is 33.8. The number of hydrogen-bond acceptors (Lipinski definition) is 0. The highest BCUT2D eigenvalue weighted by Crippen LogP contribution is 2.57. The maximum absolute atomic E-state index is 2.53. The molecule has 0 amide bonds. The van der Waals surface area contributed by atoms with E-state index < -0.39 is 0 Å². The van der Waals surface area contributed by atoms with Crippen LogP contribution in [0.4, 0.5) is 0 Å². The minimum atomic E-state index is -0.0586. The number of rotatable bonds is 6. The van der Waals surface area contributed by atoms with Gasteiger partial charge in [0, 0.05) is 66.1 Å². The number of benzene rings is 14. The molecule has 0 fully saturated rings. The number of hydrogen-bond donors (Lipinski definition) is 0. The molecule has 1 atom stereocenters. The number of aromatic nitrogens is 3. The molecule has 3 heteroatoms. The molecule has 17 aromatic rings. The van der Waals surface area contributed by atoms with Crippen LogP contribution in [0.25, 0.3) is 138 Å². The molecule has 0 saturated heterocycles. The molecule has 3 aromatic heterocycles. The van der Waals surface area contributed by atoms with Gasteiger partial charge in [0.2, 0.25) is 0 Å². The van der Waals surface area contributed by atoms with Gasteiger partial charge in [-0.15, -0.1) is 0 Å². The van der Waals surface area contributed by atoms with Crippen molar-refractivity contribution >= 4 is 65.4 Å². The smallest absolute Gasteiger partial charge is 0.0547 e. The first kappa shape index (κ1) is 54.2. The Kier molecular flexibility index (Phi) is 11.8. The van der Waals surface area contributed by atoms with Crippen LogP contribution in [0.5, 0.6) is 0 Å². The van der Waals surface area contributed by atoms with Crippen molar-refractivity contribution in [3.05, 3.63) is 354 Å². The molecule has 3 heterocycles. The molecule has 3 nitrogen and oxygen atoms in total. The second-order valence-corrected chi connectivity index (χ2v) is 27.1. The highest BCUT2D eigenvalue weighted by atomic mass is 15.0. The van der Waals surface area contributed by atoms with Crippen molar-refractivity contribution in [2.24, 2.45) is 0 Å². The summed E-state index contributed by atoms with van der Waals surface area (Å²) in [5, 5.41) is 7.68. The third-order valence-electron chi connectivity index (χ3n) is 21.4. The van der Waals surface area contributed by atoms with Gasteiger partial charge in [-0.1, -0.05) is 234 Å². The average molecular weight is 1200 g/mol. The van der Waals surface area contributed by atoms with Crippen LogP contribution in [0.1, 0.15) is 72.6 Å². The van der Waals surface area contributed by atoms with E-state index in [9.17, 15) is 0 Å². The summed E-state index contributed by atoms with van der Waals surface area (Å²) in [6, 6.07) is 117. The van der Waals surface area contributed by atoms with Gasteiger partial charge < -0.3 is 13.7 Å². The maximum Gasteiger partial charge on any atom is 0.0547 e. The van der Waals surface area contributed by atoms with E-state index in [0.29, 0.717) is 0 Å². The summed E-state index contributed by atoms with van der Waals surface area (Å²) in [6.45, 7) is 9.50. The minimum absolute atomic E-state index is 0.0313. The fourth-order valence-electron chi connectivity index (χ4n) is 16.9. The summed E-state index contributed by atoms with van der Waals surface area (Å²) in [7, 11) is 0. The van der Waals surface area contributed by atoms with E-state index in [1.54, 1.807) is 0 Å². The van der Waals surface area contributed by atoms with Crippen molar-refractivity contribution in [1.29, 1.82) is 0 Å². The predicted octanol–water partition coefficient (Wildman–Crippen LogP) is 23.8. The molecule has 94 heavy (non-hydrogen) atoms. The van der Waals surface area contributed by atoms with E-state index in [1.165, 1.54) is 177 Å². The zero-order valence-corrected chi connectivity index (χ0v) is 52.9. The summed E-state index contributed by atoms with van der Waals surface area (Å²) in [6.07, 6.45) is 0. The van der Waals surface area contributed by atoms with Crippen molar-refractivity contribution in [3.63, 3.8) is 0 Å². The summed E-state index contributed by atoms with van der Waals surface area (Å²) in [5.74, 6) is 0.214. The molecule has 20 rings (SSSR count). The van der Waals surface area contributed by atoms with E-state index in [2.05, 4.69) is 357 Å². The molecule has 3 aliphatic rings. The Morgan fingerprint density at radius 1 is 0.223 bits per heavy atom. The first-order chi connectivity index (χ1) is 46.2. The van der Waals surface area contributed by atoms with E-state index in [-0.39, 0.29) is 16.7 Å². The lowest BCUT2D eigenvalue weighted by Crippen LogP contribution is -2.15. The number of para-hydroxylation sites is 5. The van der Waals surface area contributed by atoms with Gasteiger partial charge in [0.15, 0.2) is 0 Å². The monoisotopic (exact) mass is 1200 g/mol. The quantitative estimate of drug-likeness (QED) is 0.158. The lowest BCUT2D eigenvalue weighted by molar-refractivity contribution is 0.659. The molecule has 0 spiro atoms. The van der Waals surface area contributed by atoms with Crippen LogP contribution >= 0.6 is 0 Å². The Balaban J connectivity index is 0.000000133. The molecule has 0 bridgehead atoms. The van der Waals surface area contributed by atoms with E-state index in [4.69, 9.17) is 0 Å². The van der Waals surface area contributed by atoms with Crippen LogP contribution in [-0.4, -0.2) is 13.7 Å². The van der Waals surface area contributed by atoms with Gasteiger partial charge in [-0.2, -0.15) is 0 Å². The summed E-state index contributed by atoms with van der Waals surface area (Å²) in [4.78, 5) is 0. The van der Waals surface area contributed by atoms with Gasteiger partial charge in [-0.25, -0.2) is 0 Å². The van der Waals surface area contributed by atoms with Gasteiger partial charge >= 0.3 is 0 Å². The molecule has 0 N–H and O–H groups in total. The van der Waals surface area contributed by atoms with Crippen molar-refractivity contribution < 1.29 is 0 Å². The summed E-state index contributed by atoms with van der Waals surface area (Å²) >= 11 is 0. The van der Waals surface area contributed by atoms with E-state index in [0.717, 1.165) is 0 Å². The predicted molar refractivity (Wildman–Crippen MR) is 395 cm³/mol. The third-order valence-corrected chi connectivity index (χ3v) is 21.4. The normalized spacial score (nSPS) is 14.4. The van der Waals surface area contributed by atoms with Gasteiger partial charge in [0.1, 0.15) is 0 Å². The van der Waals surface area contributed by atoms with Crippen molar-refractivity contribution in [1.82, 2.24) is 13.7 Å². The fourth-order valence-corrected chi connectivity index (χ4v) is 16.9. The van der Waals surface area contributed by atoms with Crippen molar-refractivity contribution in [2.45, 2.75) is 44.4 Å². The minimum Gasteiger partial charge on any atom is -0.309 e. The molecule has 14 aromatic carbocycles. The molecular formula is C91H65N3. The highest BCUT2D eigenvalue weighted by Gasteiger charge is 2.40. The Hall–Kier alpha value is -11.5. The molecular weight excluding hydrogens is 1140 g/mol. The van der Waals surface area contributed by atoms with Gasteiger partial charge in [-0.05, 0) is 204 Å². The van der Waals surface area contributed by atoms with Crippen LogP contribution < -0.4 is 0 Å². The van der Waals surface area contributed by atoms with Gasteiger partial charge in [0.05, 0.1) is 33.1 Å². The number of nitrogens with zero attached hydrogens (tertiary/aromatic N) is 3. The van der Waals surface area contributed by atoms with Crippen molar-refractivity contribution in [3.8, 4) is 72.7 Å². The van der Waals surface area contributed by atoms with E-state index >= 15 is 0 Å². The molecule has 3 aliphatic carbocycles. The first-order valence-electron chi connectivity index (χ1n) is 33.1. The van der Waals surface area contributed by atoms with Crippen LogP contribution in [0.3, 0.4) is 0 Å². The van der Waals surface area contributed by atoms with Crippen LogP contribution in [0.15, 0.2) is 315 Å². The average Bonchev–Trinajstić information content (AvgIpc) is 1.56. The molecule has 0 radical (unpaired) electrons. The third kappa shape index (κ3) is 7.98. The second-order valence-electron chi connectivity index (χ2n) is 27.1. The van der Waals surface area contributed by atoms with Crippen LogP contribution in [-0.2, 0) is 10.8 Å². The van der Waals surface area contributed by atoms with Gasteiger partial charge in [0.25, 0.3) is 0 Å². The van der Waals surface area contributed by atoms with Crippen LogP contribution in [0, 0.1) is 0 Å². The van der Waals surface area contributed by atoms with Crippen molar-refractivity contribution in [2.75, 3.05) is 0 Å². The number of fused-ring (bicyclic) bond motifs is 18. The molecule has 444 valence electrons. The second kappa shape index (κ2) is 20.5. The molecule has 1 unspecified atom stereocenters. The lowest BCUT2D eigenvalue weighted by Gasteiger charge is -2.23. The lowest BCUT2D eigenvalue weighted by atomic mass is 9.80. The zero-order chi connectivity index (χ0) is 62.6. The Morgan fingerprint density at radius 2 is 0.585 bits per heavy atom. The molecule has 0 aliphatic heterocycles. The maximum atomic E-state index is 2.53. The van der Waals surface area contributed by atoms with E-state index in [1.807, 2.05) is 0 Å².